The van der Waals surface area contributed by atoms with Gasteiger partial charge in [-0.05, 0) is 19.9 Å². The summed E-state index contributed by atoms with van der Waals surface area (Å²) in [6.45, 7) is 3.73. The van der Waals surface area contributed by atoms with Crippen LogP contribution in [0.3, 0.4) is 0 Å². The van der Waals surface area contributed by atoms with Gasteiger partial charge in [-0.25, -0.2) is 4.79 Å². The standard InChI is InChI=1S/C15H23N2O8P/c1-4-23-26(21,24-5-2)9-7-10-12(19)13(22-3)14(25-10)17-8-6-11(18)16-15(17)20/h6-10,12-14,19H,4-5H2,1-3H3,(H,16,18,20)/t10-,12-,13+,14-/m1/s1. The highest BCUT2D eigenvalue weighted by molar-refractivity contribution is 7.57. The average molecular weight is 390 g/mol. The largest absolute Gasteiger partial charge is 0.387 e. The number of nitrogens with one attached hydrogen (secondary N) is 1. The maximum absolute atomic E-state index is 12.5. The van der Waals surface area contributed by atoms with Gasteiger partial charge in [-0.15, -0.1) is 0 Å². The minimum atomic E-state index is -3.46. The fraction of sp³-hybridized carbons (Fsp3) is 0.600. The Morgan fingerprint density at radius 3 is 2.54 bits per heavy atom. The average Bonchev–Trinajstić information content (AvgIpc) is 2.89. The molecule has 2 N–H and O–H groups in total. The van der Waals surface area contributed by atoms with Gasteiger partial charge in [0.15, 0.2) is 6.23 Å². The van der Waals surface area contributed by atoms with Crippen molar-refractivity contribution in [3.05, 3.63) is 45.0 Å². The zero-order valence-corrected chi connectivity index (χ0v) is 15.6. The molecule has 11 heteroatoms. The van der Waals surface area contributed by atoms with E-state index < -0.39 is 43.4 Å². The van der Waals surface area contributed by atoms with Gasteiger partial charge >= 0.3 is 13.3 Å². The van der Waals surface area contributed by atoms with Crippen molar-refractivity contribution in [2.45, 2.75) is 38.4 Å². The molecule has 0 saturated carbocycles. The van der Waals surface area contributed by atoms with Gasteiger partial charge in [-0.3, -0.25) is 18.9 Å². The third kappa shape index (κ3) is 4.59. The SMILES string of the molecule is CCOP(=O)(C=C[C@H]1O[C@@H](n2ccc(=O)[nH]c2=O)[C@@H](OC)[C@@H]1O)OCC. The Morgan fingerprint density at radius 2 is 2.00 bits per heavy atom. The molecule has 1 aromatic heterocycles. The van der Waals surface area contributed by atoms with Crippen molar-refractivity contribution < 1.29 is 28.2 Å². The number of hydrogen-bond acceptors (Lipinski definition) is 8. The first-order valence-electron chi connectivity index (χ1n) is 8.11. The molecule has 1 aromatic rings. The Balaban J connectivity index is 2.27. The maximum Gasteiger partial charge on any atom is 0.353 e. The molecule has 0 amide bonds. The summed E-state index contributed by atoms with van der Waals surface area (Å²) < 4.78 is 34.8. The number of aromatic amines is 1. The number of H-pyrrole nitrogens is 1. The lowest BCUT2D eigenvalue weighted by atomic mass is 10.1. The molecule has 0 spiro atoms. The highest BCUT2D eigenvalue weighted by atomic mass is 31.2. The Kier molecular flexibility index (Phi) is 7.10. The summed E-state index contributed by atoms with van der Waals surface area (Å²) in [7, 11) is -2.10. The molecule has 4 atom stereocenters. The van der Waals surface area contributed by atoms with E-state index in [9.17, 15) is 19.3 Å². The van der Waals surface area contributed by atoms with Crippen molar-refractivity contribution in [2.24, 2.45) is 0 Å². The van der Waals surface area contributed by atoms with Crippen molar-refractivity contribution in [2.75, 3.05) is 20.3 Å². The predicted molar refractivity (Wildman–Crippen MR) is 92.0 cm³/mol. The molecule has 0 unspecified atom stereocenters. The third-order valence-corrected chi connectivity index (χ3v) is 5.50. The van der Waals surface area contributed by atoms with E-state index in [0.29, 0.717) is 0 Å². The van der Waals surface area contributed by atoms with E-state index in [1.54, 1.807) is 13.8 Å². The fourth-order valence-electron chi connectivity index (χ4n) is 2.61. The molecule has 0 aliphatic carbocycles. The van der Waals surface area contributed by atoms with E-state index >= 15 is 0 Å². The highest BCUT2D eigenvalue weighted by Crippen LogP contribution is 2.50. The molecule has 1 aliphatic rings. The molecule has 1 fully saturated rings. The molecule has 26 heavy (non-hydrogen) atoms. The first-order valence-corrected chi connectivity index (χ1v) is 9.72. The third-order valence-electron chi connectivity index (χ3n) is 3.72. The number of rotatable bonds is 8. The molecular weight excluding hydrogens is 367 g/mol. The van der Waals surface area contributed by atoms with E-state index in [4.69, 9.17) is 18.5 Å². The molecule has 1 aliphatic heterocycles. The second-order valence-electron chi connectivity index (χ2n) is 5.42. The number of ether oxygens (including phenoxy) is 2. The topological polar surface area (TPSA) is 129 Å². The molecule has 0 bridgehead atoms. The van der Waals surface area contributed by atoms with Crippen molar-refractivity contribution >= 4 is 7.60 Å². The molecule has 10 nitrogen and oxygen atoms in total. The van der Waals surface area contributed by atoms with Crippen LogP contribution in [0.2, 0.25) is 0 Å². The molecule has 1 saturated heterocycles. The zero-order chi connectivity index (χ0) is 19.3. The smallest absolute Gasteiger partial charge is 0.353 e. The van der Waals surface area contributed by atoms with E-state index in [2.05, 4.69) is 4.98 Å². The monoisotopic (exact) mass is 390 g/mol. The number of nitrogens with zero attached hydrogens (tertiary/aromatic N) is 1. The summed E-state index contributed by atoms with van der Waals surface area (Å²) in [4.78, 5) is 25.3. The summed E-state index contributed by atoms with van der Waals surface area (Å²) in [6.07, 6.45) is -1.31. The second-order valence-corrected chi connectivity index (χ2v) is 7.31. The molecule has 146 valence electrons. The maximum atomic E-state index is 12.5. The molecular formula is C15H23N2O8P. The van der Waals surface area contributed by atoms with E-state index in [0.717, 1.165) is 10.6 Å². The van der Waals surface area contributed by atoms with Gasteiger partial charge in [0.2, 0.25) is 0 Å². The van der Waals surface area contributed by atoms with Crippen LogP contribution >= 0.6 is 7.60 Å². The van der Waals surface area contributed by atoms with Crippen LogP contribution in [0.5, 0.6) is 0 Å². The lowest BCUT2D eigenvalue weighted by Gasteiger charge is -2.19. The van der Waals surface area contributed by atoms with Crippen LogP contribution < -0.4 is 11.2 Å². The summed E-state index contributed by atoms with van der Waals surface area (Å²) in [5.74, 6) is 1.22. The van der Waals surface area contributed by atoms with Crippen LogP contribution in [0.1, 0.15) is 20.1 Å². The lowest BCUT2D eigenvalue weighted by molar-refractivity contribution is -0.0491. The second kappa shape index (κ2) is 8.90. The minimum absolute atomic E-state index is 0.186. The first-order chi connectivity index (χ1) is 12.3. The van der Waals surface area contributed by atoms with Crippen molar-refractivity contribution in [1.29, 1.82) is 0 Å². The van der Waals surface area contributed by atoms with Gasteiger partial charge in [0, 0.05) is 25.2 Å². The van der Waals surface area contributed by atoms with Gasteiger partial charge < -0.3 is 23.6 Å². The summed E-state index contributed by atoms with van der Waals surface area (Å²) >= 11 is 0. The summed E-state index contributed by atoms with van der Waals surface area (Å²) in [5.41, 5.74) is -1.25. The van der Waals surface area contributed by atoms with E-state index in [-0.39, 0.29) is 13.2 Å². The molecule has 2 rings (SSSR count). The Bertz CT molecular complexity index is 778. The number of aromatic nitrogens is 2. The van der Waals surface area contributed by atoms with Gasteiger partial charge in [0.25, 0.3) is 5.56 Å². The molecule has 0 aromatic carbocycles. The first kappa shape index (κ1) is 20.8. The van der Waals surface area contributed by atoms with Crippen LogP contribution in [0.4, 0.5) is 0 Å². The van der Waals surface area contributed by atoms with Crippen LogP contribution in [-0.4, -0.2) is 53.3 Å². The van der Waals surface area contributed by atoms with Crippen LogP contribution in [0, 0.1) is 0 Å². The molecule has 2 heterocycles. The Hall–Kier alpha value is -1.55. The lowest BCUT2D eigenvalue weighted by Crippen LogP contribution is -2.38. The van der Waals surface area contributed by atoms with Crippen LogP contribution in [-0.2, 0) is 23.1 Å². The van der Waals surface area contributed by atoms with Crippen LogP contribution in [0.15, 0.2) is 33.7 Å². The Morgan fingerprint density at radius 1 is 1.35 bits per heavy atom. The molecule has 0 radical (unpaired) electrons. The van der Waals surface area contributed by atoms with Crippen LogP contribution in [0.25, 0.3) is 0 Å². The van der Waals surface area contributed by atoms with Gasteiger partial charge in [-0.1, -0.05) is 0 Å². The minimum Gasteiger partial charge on any atom is -0.387 e. The quantitative estimate of drug-likeness (QED) is 0.617. The number of hydrogen-bond donors (Lipinski definition) is 2. The van der Waals surface area contributed by atoms with Gasteiger partial charge in [-0.2, -0.15) is 0 Å². The summed E-state index contributed by atoms with van der Waals surface area (Å²) in [6, 6.07) is 1.16. The van der Waals surface area contributed by atoms with Crippen molar-refractivity contribution in [3.63, 3.8) is 0 Å². The zero-order valence-electron chi connectivity index (χ0n) is 14.7. The van der Waals surface area contributed by atoms with E-state index in [1.165, 1.54) is 25.2 Å². The Labute approximate surface area is 149 Å². The highest BCUT2D eigenvalue weighted by Gasteiger charge is 2.44. The summed E-state index contributed by atoms with van der Waals surface area (Å²) in [5, 5.41) is 10.4. The van der Waals surface area contributed by atoms with Gasteiger partial charge in [0.1, 0.15) is 18.3 Å². The fourth-order valence-corrected chi connectivity index (χ4v) is 3.96. The number of aliphatic hydroxyl groups excluding tert-OH is 1. The van der Waals surface area contributed by atoms with Gasteiger partial charge in [0.05, 0.1) is 13.2 Å². The normalized spacial score (nSPS) is 26.6. The van der Waals surface area contributed by atoms with Crippen molar-refractivity contribution in [1.82, 2.24) is 9.55 Å². The predicted octanol–water partition coefficient (Wildman–Crippen LogP) is 0.590. The van der Waals surface area contributed by atoms with Crippen molar-refractivity contribution in [3.8, 4) is 0 Å². The number of methoxy groups -OCH3 is 1. The number of aliphatic hydroxyl groups is 1. The van der Waals surface area contributed by atoms with E-state index in [1.807, 2.05) is 0 Å².